The lowest BCUT2D eigenvalue weighted by Gasteiger charge is -2.25. The van der Waals surface area contributed by atoms with Crippen LogP contribution in [0.1, 0.15) is 25.8 Å². The molecule has 0 aliphatic heterocycles. The molecule has 2 atom stereocenters. The van der Waals surface area contributed by atoms with Crippen LogP contribution >= 0.6 is 0 Å². The fraction of sp³-hybridized carbons (Fsp3) is 0.462. The minimum Gasteiger partial charge on any atom is -0.320 e. The van der Waals surface area contributed by atoms with Crippen LogP contribution in [0.25, 0.3) is 0 Å². The zero-order chi connectivity index (χ0) is 14.6. The zero-order valence-corrected chi connectivity index (χ0v) is 12.5. The quantitative estimate of drug-likeness (QED) is 0.598. The first-order chi connectivity index (χ1) is 8.77. The molecule has 108 valence electrons. The highest BCUT2D eigenvalue weighted by Gasteiger charge is 2.23. The Hall–Kier alpha value is -1.24. The van der Waals surface area contributed by atoms with Crippen molar-refractivity contribution in [2.45, 2.75) is 38.1 Å². The molecule has 6 heteroatoms. The van der Waals surface area contributed by atoms with E-state index in [2.05, 4.69) is 4.72 Å². The van der Waals surface area contributed by atoms with E-state index in [0.29, 0.717) is 4.90 Å². The van der Waals surface area contributed by atoms with Gasteiger partial charge < -0.3 is 5.73 Å². The molecule has 0 aliphatic rings. The topological polar surface area (TPSA) is 98.2 Å². The van der Waals surface area contributed by atoms with Crippen LogP contribution in [0.4, 0.5) is 0 Å². The lowest BCUT2D eigenvalue weighted by atomic mass is 10.00. The second-order valence-electron chi connectivity index (χ2n) is 4.88. The number of carbonyl (C=O) groups excluding carboxylic acids is 1. The molecule has 0 heterocycles. The monoisotopic (exact) mass is 285 g/mol. The van der Waals surface area contributed by atoms with Gasteiger partial charge >= 0.3 is 0 Å². The van der Waals surface area contributed by atoms with Crippen LogP contribution in [0, 0.1) is 12.8 Å². The van der Waals surface area contributed by atoms with Gasteiger partial charge in [0, 0.05) is 15.2 Å². The molecular formula is C13H23N3O2S. The highest BCUT2D eigenvalue weighted by Crippen LogP contribution is 2.13. The van der Waals surface area contributed by atoms with E-state index in [9.17, 15) is 9.00 Å². The van der Waals surface area contributed by atoms with Crippen LogP contribution in [-0.4, -0.2) is 16.2 Å². The highest BCUT2D eigenvalue weighted by molar-refractivity contribution is 7.99. The van der Waals surface area contributed by atoms with Crippen molar-refractivity contribution in [3.05, 3.63) is 29.8 Å². The van der Waals surface area contributed by atoms with Gasteiger partial charge in [-0.2, -0.15) is 0 Å². The maximum absolute atomic E-state index is 12.3. The number of aryl methyl sites for hydroxylation is 1. The van der Waals surface area contributed by atoms with E-state index in [1.807, 2.05) is 20.8 Å². The van der Waals surface area contributed by atoms with Crippen molar-refractivity contribution in [1.82, 2.24) is 4.72 Å². The average molecular weight is 285 g/mol. The minimum atomic E-state index is -3.40. The molecule has 0 aliphatic carbocycles. The maximum atomic E-state index is 12.3. The minimum absolute atomic E-state index is 0.0121. The van der Waals surface area contributed by atoms with Gasteiger partial charge in [-0.25, -0.2) is 4.21 Å². The first-order valence-electron chi connectivity index (χ1n) is 6.31. The number of thiol groups is 1. The van der Waals surface area contributed by atoms with E-state index in [1.165, 1.54) is 0 Å². The Labute approximate surface area is 115 Å². The van der Waals surface area contributed by atoms with Crippen LogP contribution in [0.3, 0.4) is 0 Å². The normalized spacial score (nSPS) is 15.6. The van der Waals surface area contributed by atoms with E-state index >= 15 is 0 Å². The van der Waals surface area contributed by atoms with Crippen LogP contribution < -0.4 is 15.6 Å². The Morgan fingerprint density at radius 2 is 1.89 bits per heavy atom. The largest absolute Gasteiger partial charge is 0.320 e. The van der Waals surface area contributed by atoms with E-state index in [-0.39, 0.29) is 5.92 Å². The van der Waals surface area contributed by atoms with Gasteiger partial charge in [-0.3, -0.25) is 14.7 Å². The first kappa shape index (κ1) is 15.8. The number of carbonyl (C=O) groups is 1. The third kappa shape index (κ3) is 4.12. The van der Waals surface area contributed by atoms with Gasteiger partial charge in [0.2, 0.25) is 5.91 Å². The summed E-state index contributed by atoms with van der Waals surface area (Å²) >= 11 is 0. The fourth-order valence-electron chi connectivity index (χ4n) is 1.58. The van der Waals surface area contributed by atoms with Crippen LogP contribution in [0.5, 0.6) is 0 Å². The molecular weight excluding hydrogens is 262 g/mol. The van der Waals surface area contributed by atoms with Crippen molar-refractivity contribution >= 4 is 16.2 Å². The second kappa shape index (κ2) is 6.27. The Kier molecular flexibility index (Phi) is 5.22. The van der Waals surface area contributed by atoms with Crippen molar-refractivity contribution < 1.29 is 9.00 Å². The van der Waals surface area contributed by atoms with Gasteiger partial charge in [-0.15, -0.1) is 0 Å². The molecule has 0 aromatic heterocycles. The number of nitrogens with one attached hydrogen (secondary N) is 1. The standard InChI is InChI=1S/C13H23N3O2S/c1-4-10(3)12(14)13(17)16-19(15,18)11-7-5-9(2)6-8-11/h5-8,10,12,19H,4,14H2,1-3H3,(H3,15,16,17,18)/t10-,12-/m0/s1. The van der Waals surface area contributed by atoms with Crippen molar-refractivity contribution in [2.24, 2.45) is 16.8 Å². The summed E-state index contributed by atoms with van der Waals surface area (Å²) in [6.07, 6.45) is 0.772. The van der Waals surface area contributed by atoms with E-state index in [4.69, 9.17) is 10.9 Å². The van der Waals surface area contributed by atoms with Crippen molar-refractivity contribution in [1.29, 1.82) is 0 Å². The molecule has 0 saturated heterocycles. The van der Waals surface area contributed by atoms with Crippen molar-refractivity contribution in [2.75, 3.05) is 0 Å². The van der Waals surface area contributed by atoms with Crippen molar-refractivity contribution in [3.63, 3.8) is 0 Å². The number of benzene rings is 1. The molecule has 1 rings (SSSR count). The summed E-state index contributed by atoms with van der Waals surface area (Å²) in [5.74, 6) is -0.459. The summed E-state index contributed by atoms with van der Waals surface area (Å²) in [5, 5.41) is 5.74. The Balaban J connectivity index is 2.82. The van der Waals surface area contributed by atoms with Gasteiger partial charge in [0.15, 0.2) is 0 Å². The van der Waals surface area contributed by atoms with Gasteiger partial charge in [-0.05, 0) is 25.0 Å². The lowest BCUT2D eigenvalue weighted by molar-refractivity contribution is -0.121. The predicted molar refractivity (Wildman–Crippen MR) is 78.7 cm³/mol. The van der Waals surface area contributed by atoms with Crippen LogP contribution in [-0.2, 0) is 15.1 Å². The molecule has 0 spiro atoms. The average Bonchev–Trinajstić information content (AvgIpc) is 2.36. The number of amides is 1. The van der Waals surface area contributed by atoms with Crippen molar-refractivity contribution in [3.8, 4) is 0 Å². The molecule has 1 amide bonds. The van der Waals surface area contributed by atoms with Gasteiger partial charge in [0.05, 0.1) is 6.04 Å². The SMILES string of the molecule is CC[C@H](C)[C@H](N)C(=O)N[SH](N)(=O)c1ccc(C)cc1. The second-order valence-corrected chi connectivity index (χ2v) is 6.94. The van der Waals surface area contributed by atoms with E-state index in [0.717, 1.165) is 12.0 Å². The van der Waals surface area contributed by atoms with Gasteiger partial charge in [0.25, 0.3) is 0 Å². The van der Waals surface area contributed by atoms with E-state index in [1.54, 1.807) is 24.3 Å². The third-order valence-electron chi connectivity index (χ3n) is 3.25. The fourth-order valence-corrected chi connectivity index (χ4v) is 2.78. The van der Waals surface area contributed by atoms with Crippen LogP contribution in [0.2, 0.25) is 0 Å². The predicted octanol–water partition coefficient (Wildman–Crippen LogP) is 0.649. The molecule has 5 nitrogen and oxygen atoms in total. The summed E-state index contributed by atoms with van der Waals surface area (Å²) in [4.78, 5) is 12.3. The number of rotatable bonds is 5. The lowest BCUT2D eigenvalue weighted by Crippen LogP contribution is -2.51. The third-order valence-corrected chi connectivity index (χ3v) is 4.87. The van der Waals surface area contributed by atoms with Gasteiger partial charge in [0.1, 0.15) is 0 Å². The maximum Gasteiger partial charge on any atom is 0.248 e. The van der Waals surface area contributed by atoms with Crippen LogP contribution in [0.15, 0.2) is 29.2 Å². The summed E-state index contributed by atoms with van der Waals surface area (Å²) < 4.78 is 14.7. The first-order valence-corrected chi connectivity index (χ1v) is 8.09. The zero-order valence-electron chi connectivity index (χ0n) is 11.6. The Morgan fingerprint density at radius 1 is 1.37 bits per heavy atom. The molecule has 0 saturated carbocycles. The molecule has 0 unspecified atom stereocenters. The highest BCUT2D eigenvalue weighted by atomic mass is 32.3. The number of nitrogens with two attached hydrogens (primary N) is 2. The molecule has 1 aromatic rings. The molecule has 0 radical (unpaired) electrons. The van der Waals surface area contributed by atoms with E-state index < -0.39 is 22.3 Å². The summed E-state index contributed by atoms with van der Waals surface area (Å²) in [6, 6.07) is 6.22. The molecule has 0 fully saturated rings. The Morgan fingerprint density at radius 3 is 2.37 bits per heavy atom. The molecule has 1 aromatic carbocycles. The van der Waals surface area contributed by atoms with Gasteiger partial charge in [-0.1, -0.05) is 38.0 Å². The number of hydrogen-bond donors (Lipinski definition) is 4. The number of hydrogen-bond acceptors (Lipinski definition) is 3. The molecule has 19 heavy (non-hydrogen) atoms. The smallest absolute Gasteiger partial charge is 0.248 e. The molecule has 5 N–H and O–H groups in total. The summed E-state index contributed by atoms with van der Waals surface area (Å²) in [6.45, 7) is 5.74. The Bertz CT molecular complexity index is 487. The summed E-state index contributed by atoms with van der Waals surface area (Å²) in [5.41, 5.74) is 6.83. The summed E-state index contributed by atoms with van der Waals surface area (Å²) in [7, 11) is -3.40. The molecule has 0 bridgehead atoms.